The van der Waals surface area contributed by atoms with Crippen LogP contribution in [-0.2, 0) is 11.3 Å². The van der Waals surface area contributed by atoms with Crippen LogP contribution in [0.5, 0.6) is 0 Å². The van der Waals surface area contributed by atoms with Gasteiger partial charge in [-0.15, -0.1) is 11.3 Å². The highest BCUT2D eigenvalue weighted by Gasteiger charge is 2.03. The van der Waals surface area contributed by atoms with Gasteiger partial charge in [-0.05, 0) is 35.7 Å². The fourth-order valence-electron chi connectivity index (χ4n) is 2.03. The third kappa shape index (κ3) is 4.37. The van der Waals surface area contributed by atoms with E-state index < -0.39 is 0 Å². The number of hydrogen-bond donors (Lipinski definition) is 1. The standard InChI is InChI=1S/C17H16N4OS/c22-17(7-6-14-4-3-13-23-14)19-10-12-21-11-8-16(20-21)15-5-1-2-9-18-15/h1-9,11,13H,10,12H2,(H,19,22). The molecule has 0 fully saturated rings. The number of pyridine rings is 1. The molecule has 5 nitrogen and oxygen atoms in total. The monoisotopic (exact) mass is 324 g/mol. The van der Waals surface area contributed by atoms with Crippen molar-refractivity contribution in [2.75, 3.05) is 6.54 Å². The van der Waals surface area contributed by atoms with Crippen LogP contribution >= 0.6 is 11.3 Å². The molecule has 0 atom stereocenters. The topological polar surface area (TPSA) is 59.8 Å². The fourth-order valence-corrected chi connectivity index (χ4v) is 2.65. The minimum atomic E-state index is -0.101. The fraction of sp³-hybridized carbons (Fsp3) is 0.118. The van der Waals surface area contributed by atoms with E-state index in [9.17, 15) is 4.79 Å². The zero-order chi connectivity index (χ0) is 15.9. The summed E-state index contributed by atoms with van der Waals surface area (Å²) in [6.45, 7) is 1.14. The summed E-state index contributed by atoms with van der Waals surface area (Å²) in [5, 5.41) is 9.28. The van der Waals surface area contributed by atoms with Gasteiger partial charge in [-0.2, -0.15) is 5.10 Å². The van der Waals surface area contributed by atoms with Gasteiger partial charge in [0.25, 0.3) is 0 Å². The Balaban J connectivity index is 1.48. The molecular formula is C17H16N4OS. The van der Waals surface area contributed by atoms with Crippen molar-refractivity contribution in [3.05, 3.63) is 65.1 Å². The summed E-state index contributed by atoms with van der Waals surface area (Å²) in [7, 11) is 0. The lowest BCUT2D eigenvalue weighted by molar-refractivity contribution is -0.116. The summed E-state index contributed by atoms with van der Waals surface area (Å²) in [6.07, 6.45) is 6.99. The smallest absolute Gasteiger partial charge is 0.244 e. The average Bonchev–Trinajstić information content (AvgIpc) is 3.26. The number of rotatable bonds is 6. The summed E-state index contributed by atoms with van der Waals surface area (Å²) in [6, 6.07) is 11.6. The molecule has 0 aliphatic carbocycles. The van der Waals surface area contributed by atoms with Crippen LogP contribution in [-0.4, -0.2) is 27.2 Å². The first-order chi connectivity index (χ1) is 11.3. The van der Waals surface area contributed by atoms with Crippen molar-refractivity contribution < 1.29 is 4.79 Å². The Morgan fingerprint density at radius 2 is 2.17 bits per heavy atom. The second-order valence-electron chi connectivity index (χ2n) is 4.82. The zero-order valence-corrected chi connectivity index (χ0v) is 13.2. The van der Waals surface area contributed by atoms with Crippen LogP contribution in [0.4, 0.5) is 0 Å². The third-order valence-electron chi connectivity index (χ3n) is 3.15. The molecule has 3 rings (SSSR count). The maximum Gasteiger partial charge on any atom is 0.244 e. The van der Waals surface area contributed by atoms with Gasteiger partial charge in [0.05, 0.1) is 12.2 Å². The van der Waals surface area contributed by atoms with Crippen molar-refractivity contribution in [1.82, 2.24) is 20.1 Å². The van der Waals surface area contributed by atoms with Crippen molar-refractivity contribution in [3.8, 4) is 11.4 Å². The Hall–Kier alpha value is -2.73. The molecule has 0 bridgehead atoms. The Morgan fingerprint density at radius 3 is 2.96 bits per heavy atom. The first kappa shape index (κ1) is 15.2. The molecule has 0 aromatic carbocycles. The van der Waals surface area contributed by atoms with E-state index in [2.05, 4.69) is 15.4 Å². The Bertz CT molecular complexity index is 778. The summed E-state index contributed by atoms with van der Waals surface area (Å²) in [5.41, 5.74) is 1.67. The van der Waals surface area contributed by atoms with Gasteiger partial charge in [0.15, 0.2) is 0 Å². The van der Waals surface area contributed by atoms with Crippen LogP contribution in [0, 0.1) is 0 Å². The van der Waals surface area contributed by atoms with E-state index in [0.717, 1.165) is 16.3 Å². The number of carbonyl (C=O) groups excluding carboxylic acids is 1. The summed E-state index contributed by atoms with van der Waals surface area (Å²) < 4.78 is 1.80. The molecule has 6 heteroatoms. The molecule has 0 spiro atoms. The van der Waals surface area contributed by atoms with E-state index in [1.54, 1.807) is 28.3 Å². The number of thiophene rings is 1. The molecule has 116 valence electrons. The summed E-state index contributed by atoms with van der Waals surface area (Å²) >= 11 is 1.60. The largest absolute Gasteiger partial charge is 0.351 e. The minimum Gasteiger partial charge on any atom is -0.351 e. The lowest BCUT2D eigenvalue weighted by atomic mass is 10.3. The van der Waals surface area contributed by atoms with Crippen LogP contribution in [0.1, 0.15) is 4.88 Å². The third-order valence-corrected chi connectivity index (χ3v) is 3.99. The van der Waals surface area contributed by atoms with Gasteiger partial charge >= 0.3 is 0 Å². The predicted molar refractivity (Wildman–Crippen MR) is 91.8 cm³/mol. The second-order valence-corrected chi connectivity index (χ2v) is 5.80. The maximum absolute atomic E-state index is 11.7. The number of aromatic nitrogens is 3. The van der Waals surface area contributed by atoms with Gasteiger partial charge in [-0.25, -0.2) is 0 Å². The average molecular weight is 324 g/mol. The van der Waals surface area contributed by atoms with Gasteiger partial charge in [0.2, 0.25) is 5.91 Å². The van der Waals surface area contributed by atoms with Gasteiger partial charge in [0.1, 0.15) is 5.69 Å². The van der Waals surface area contributed by atoms with E-state index in [1.807, 2.05) is 54.1 Å². The molecule has 3 aromatic heterocycles. The van der Waals surface area contributed by atoms with Crippen LogP contribution in [0.2, 0.25) is 0 Å². The van der Waals surface area contributed by atoms with Crippen LogP contribution in [0.3, 0.4) is 0 Å². The molecule has 0 aliphatic heterocycles. The minimum absolute atomic E-state index is 0.101. The first-order valence-electron chi connectivity index (χ1n) is 7.25. The molecule has 0 radical (unpaired) electrons. The lowest BCUT2D eigenvalue weighted by Gasteiger charge is -2.02. The summed E-state index contributed by atoms with van der Waals surface area (Å²) in [4.78, 5) is 17.1. The van der Waals surface area contributed by atoms with Gasteiger partial charge in [0, 0.05) is 29.9 Å². The number of carbonyl (C=O) groups is 1. The molecule has 1 N–H and O–H groups in total. The van der Waals surface area contributed by atoms with E-state index in [1.165, 1.54) is 0 Å². The number of nitrogens with zero attached hydrogens (tertiary/aromatic N) is 3. The first-order valence-corrected chi connectivity index (χ1v) is 8.13. The molecule has 3 aromatic rings. The molecule has 0 aliphatic rings. The number of hydrogen-bond acceptors (Lipinski definition) is 4. The molecule has 1 amide bonds. The van der Waals surface area contributed by atoms with Crippen molar-refractivity contribution >= 4 is 23.3 Å². The highest BCUT2D eigenvalue weighted by Crippen LogP contribution is 2.12. The lowest BCUT2D eigenvalue weighted by Crippen LogP contribution is -2.25. The van der Waals surface area contributed by atoms with Gasteiger partial charge in [-0.3, -0.25) is 14.5 Å². The van der Waals surface area contributed by atoms with Gasteiger partial charge < -0.3 is 5.32 Å². The predicted octanol–water partition coefficient (Wildman–Crippen LogP) is 2.84. The van der Waals surface area contributed by atoms with Crippen molar-refractivity contribution in [1.29, 1.82) is 0 Å². The second kappa shape index (κ2) is 7.51. The Kier molecular flexibility index (Phi) is 4.95. The normalized spacial score (nSPS) is 11.0. The Labute approximate surface area is 138 Å². The van der Waals surface area contributed by atoms with Crippen LogP contribution in [0.15, 0.2) is 60.2 Å². The van der Waals surface area contributed by atoms with Crippen LogP contribution in [0.25, 0.3) is 17.5 Å². The molecule has 0 saturated carbocycles. The molecule has 0 unspecified atom stereocenters. The van der Waals surface area contributed by atoms with Crippen molar-refractivity contribution in [2.45, 2.75) is 6.54 Å². The maximum atomic E-state index is 11.7. The highest BCUT2D eigenvalue weighted by atomic mass is 32.1. The van der Waals surface area contributed by atoms with Crippen molar-refractivity contribution in [3.63, 3.8) is 0 Å². The molecule has 3 heterocycles. The van der Waals surface area contributed by atoms with Crippen molar-refractivity contribution in [2.24, 2.45) is 0 Å². The summed E-state index contributed by atoms with van der Waals surface area (Å²) in [5.74, 6) is -0.101. The van der Waals surface area contributed by atoms with E-state index in [0.29, 0.717) is 13.1 Å². The SMILES string of the molecule is O=C(C=Cc1cccs1)NCCn1ccc(-c2ccccn2)n1. The Morgan fingerprint density at radius 1 is 1.22 bits per heavy atom. The number of nitrogens with one attached hydrogen (secondary N) is 1. The van der Waals surface area contributed by atoms with E-state index >= 15 is 0 Å². The van der Waals surface area contributed by atoms with Crippen LogP contribution < -0.4 is 5.32 Å². The van der Waals surface area contributed by atoms with E-state index in [-0.39, 0.29) is 5.91 Å². The van der Waals surface area contributed by atoms with E-state index in [4.69, 9.17) is 0 Å². The van der Waals surface area contributed by atoms with Gasteiger partial charge in [-0.1, -0.05) is 12.1 Å². The molecule has 23 heavy (non-hydrogen) atoms. The number of amides is 1. The molecule has 0 saturated heterocycles. The quantitative estimate of drug-likeness (QED) is 0.709. The zero-order valence-electron chi connectivity index (χ0n) is 12.4. The molecular weight excluding hydrogens is 308 g/mol. The highest BCUT2D eigenvalue weighted by molar-refractivity contribution is 7.10.